The van der Waals surface area contributed by atoms with Crippen molar-refractivity contribution >= 4 is 35.0 Å². The lowest BCUT2D eigenvalue weighted by atomic mass is 10.0. The van der Waals surface area contributed by atoms with Crippen LogP contribution in [0.5, 0.6) is 0 Å². The molecule has 1 fully saturated rings. The number of nitrogens with two attached hydrogens (primary N) is 1. The standard InChI is InChI=1S/C11H13Cl2NS/c12-8-4-1-3-7(10(8)13)11(14)9-5-2-6-15-9/h1,3-4,9,11H,2,5-6,14H2. The van der Waals surface area contributed by atoms with Crippen molar-refractivity contribution in [2.75, 3.05) is 5.75 Å². The Balaban J connectivity index is 2.24. The van der Waals surface area contributed by atoms with Crippen LogP contribution in [0.25, 0.3) is 0 Å². The van der Waals surface area contributed by atoms with Gasteiger partial charge in [-0.1, -0.05) is 35.3 Å². The average molecular weight is 262 g/mol. The van der Waals surface area contributed by atoms with Crippen LogP contribution in [0.1, 0.15) is 24.4 Å². The Hall–Kier alpha value is 0.110. The van der Waals surface area contributed by atoms with Gasteiger partial charge in [-0.25, -0.2) is 0 Å². The van der Waals surface area contributed by atoms with Crippen LogP contribution in [0.15, 0.2) is 18.2 Å². The molecule has 1 nitrogen and oxygen atoms in total. The summed E-state index contributed by atoms with van der Waals surface area (Å²) in [4.78, 5) is 0. The fraction of sp³-hybridized carbons (Fsp3) is 0.455. The van der Waals surface area contributed by atoms with Gasteiger partial charge in [0.15, 0.2) is 0 Å². The fourth-order valence-electron chi connectivity index (χ4n) is 1.86. The first-order valence-corrected chi connectivity index (χ1v) is 6.81. The van der Waals surface area contributed by atoms with Gasteiger partial charge in [0.25, 0.3) is 0 Å². The van der Waals surface area contributed by atoms with E-state index in [-0.39, 0.29) is 6.04 Å². The molecule has 2 unspecified atom stereocenters. The molecule has 0 aromatic heterocycles. The molecule has 1 aromatic rings. The molecule has 1 aliphatic rings. The molecule has 0 radical (unpaired) electrons. The highest BCUT2D eigenvalue weighted by Gasteiger charge is 2.25. The topological polar surface area (TPSA) is 26.0 Å². The minimum absolute atomic E-state index is 0.00343. The maximum atomic E-state index is 6.21. The smallest absolute Gasteiger partial charge is 0.0640 e. The van der Waals surface area contributed by atoms with Gasteiger partial charge in [-0.3, -0.25) is 0 Å². The molecule has 0 amide bonds. The van der Waals surface area contributed by atoms with Gasteiger partial charge in [-0.05, 0) is 30.2 Å². The molecule has 82 valence electrons. The van der Waals surface area contributed by atoms with Gasteiger partial charge in [-0.15, -0.1) is 0 Å². The molecule has 2 rings (SSSR count). The molecule has 15 heavy (non-hydrogen) atoms. The monoisotopic (exact) mass is 261 g/mol. The first kappa shape index (κ1) is 11.6. The Kier molecular flexibility index (Phi) is 3.83. The van der Waals surface area contributed by atoms with Crippen LogP contribution in [0.4, 0.5) is 0 Å². The summed E-state index contributed by atoms with van der Waals surface area (Å²) in [6.45, 7) is 0. The quantitative estimate of drug-likeness (QED) is 0.875. The van der Waals surface area contributed by atoms with Gasteiger partial charge in [-0.2, -0.15) is 11.8 Å². The van der Waals surface area contributed by atoms with E-state index >= 15 is 0 Å². The third-order valence-corrected chi connectivity index (χ3v) is 5.02. The zero-order valence-electron chi connectivity index (χ0n) is 8.25. The van der Waals surface area contributed by atoms with Crippen molar-refractivity contribution in [3.05, 3.63) is 33.8 Å². The summed E-state index contributed by atoms with van der Waals surface area (Å²) in [6.07, 6.45) is 2.43. The number of halogens is 2. The maximum absolute atomic E-state index is 6.21. The molecule has 1 aliphatic heterocycles. The summed E-state index contributed by atoms with van der Waals surface area (Å²) in [7, 11) is 0. The van der Waals surface area contributed by atoms with Crippen LogP contribution in [-0.2, 0) is 0 Å². The van der Waals surface area contributed by atoms with Crippen LogP contribution >= 0.6 is 35.0 Å². The fourth-order valence-corrected chi connectivity index (χ4v) is 3.62. The van der Waals surface area contributed by atoms with Crippen molar-refractivity contribution in [1.82, 2.24) is 0 Å². The highest BCUT2D eigenvalue weighted by Crippen LogP contribution is 2.38. The molecular formula is C11H13Cl2NS. The predicted molar refractivity (Wildman–Crippen MR) is 68.9 cm³/mol. The second-order valence-corrected chi connectivity index (χ2v) is 5.85. The maximum Gasteiger partial charge on any atom is 0.0640 e. The third-order valence-electron chi connectivity index (χ3n) is 2.71. The average Bonchev–Trinajstić information content (AvgIpc) is 2.74. The van der Waals surface area contributed by atoms with Crippen molar-refractivity contribution < 1.29 is 0 Å². The van der Waals surface area contributed by atoms with Crippen LogP contribution in [0.3, 0.4) is 0 Å². The van der Waals surface area contributed by atoms with Gasteiger partial charge in [0, 0.05) is 11.3 Å². The molecule has 1 heterocycles. The highest BCUT2D eigenvalue weighted by molar-refractivity contribution is 8.00. The Morgan fingerprint density at radius 1 is 1.40 bits per heavy atom. The number of benzene rings is 1. The second-order valence-electron chi connectivity index (χ2n) is 3.72. The molecule has 2 N–H and O–H groups in total. The van der Waals surface area contributed by atoms with E-state index in [4.69, 9.17) is 28.9 Å². The number of rotatable bonds is 2. The van der Waals surface area contributed by atoms with Gasteiger partial charge in [0.1, 0.15) is 0 Å². The van der Waals surface area contributed by atoms with Crippen molar-refractivity contribution in [2.45, 2.75) is 24.1 Å². The molecule has 0 spiro atoms. The second kappa shape index (κ2) is 4.96. The zero-order chi connectivity index (χ0) is 10.8. The van der Waals surface area contributed by atoms with Gasteiger partial charge < -0.3 is 5.73 Å². The largest absolute Gasteiger partial charge is 0.323 e. The summed E-state index contributed by atoms with van der Waals surface area (Å²) < 4.78 is 0. The molecule has 0 aliphatic carbocycles. The van der Waals surface area contributed by atoms with E-state index in [0.717, 1.165) is 5.56 Å². The van der Waals surface area contributed by atoms with E-state index in [2.05, 4.69) is 0 Å². The van der Waals surface area contributed by atoms with Crippen LogP contribution in [-0.4, -0.2) is 11.0 Å². The summed E-state index contributed by atoms with van der Waals surface area (Å²) in [5.41, 5.74) is 7.18. The first-order valence-electron chi connectivity index (χ1n) is 5.01. The summed E-state index contributed by atoms with van der Waals surface area (Å²) in [6, 6.07) is 5.67. The number of hydrogen-bond donors (Lipinski definition) is 1. The Bertz CT molecular complexity index is 350. The minimum Gasteiger partial charge on any atom is -0.323 e. The van der Waals surface area contributed by atoms with Crippen molar-refractivity contribution in [1.29, 1.82) is 0 Å². The molecule has 4 heteroatoms. The molecular weight excluding hydrogens is 249 g/mol. The van der Waals surface area contributed by atoms with Gasteiger partial charge >= 0.3 is 0 Å². The van der Waals surface area contributed by atoms with Crippen molar-refractivity contribution in [3.8, 4) is 0 Å². The van der Waals surface area contributed by atoms with Crippen LogP contribution in [0.2, 0.25) is 10.0 Å². The normalized spacial score (nSPS) is 23.0. The number of thioether (sulfide) groups is 1. The Morgan fingerprint density at radius 3 is 2.87 bits per heavy atom. The SMILES string of the molecule is NC(c1cccc(Cl)c1Cl)C1CCCS1. The minimum atomic E-state index is 0.00343. The molecule has 0 bridgehead atoms. The first-order chi connectivity index (χ1) is 7.20. The number of hydrogen-bond acceptors (Lipinski definition) is 2. The van der Waals surface area contributed by atoms with E-state index < -0.39 is 0 Å². The Labute approximate surface area is 104 Å². The highest BCUT2D eigenvalue weighted by atomic mass is 35.5. The van der Waals surface area contributed by atoms with Crippen LogP contribution in [0, 0.1) is 0 Å². The van der Waals surface area contributed by atoms with Crippen molar-refractivity contribution in [2.24, 2.45) is 5.73 Å². The molecule has 1 saturated heterocycles. The van der Waals surface area contributed by atoms with E-state index in [0.29, 0.717) is 15.3 Å². The van der Waals surface area contributed by atoms with Gasteiger partial charge in [0.2, 0.25) is 0 Å². The molecule has 1 aromatic carbocycles. The Morgan fingerprint density at radius 2 is 2.20 bits per heavy atom. The van der Waals surface area contributed by atoms with E-state index in [9.17, 15) is 0 Å². The summed E-state index contributed by atoms with van der Waals surface area (Å²) in [5.74, 6) is 1.20. The lowest BCUT2D eigenvalue weighted by Crippen LogP contribution is -2.21. The third kappa shape index (κ3) is 2.44. The zero-order valence-corrected chi connectivity index (χ0v) is 10.6. The summed E-state index contributed by atoms with van der Waals surface area (Å²) >= 11 is 14.0. The molecule has 0 saturated carbocycles. The van der Waals surface area contributed by atoms with Crippen molar-refractivity contribution in [3.63, 3.8) is 0 Å². The van der Waals surface area contributed by atoms with E-state index in [1.807, 2.05) is 23.9 Å². The predicted octanol–water partition coefficient (Wildman–Crippen LogP) is 3.89. The van der Waals surface area contributed by atoms with E-state index in [1.165, 1.54) is 18.6 Å². The van der Waals surface area contributed by atoms with Crippen LogP contribution < -0.4 is 5.73 Å². The lowest BCUT2D eigenvalue weighted by molar-refractivity contribution is 0.646. The lowest BCUT2D eigenvalue weighted by Gasteiger charge is -2.20. The van der Waals surface area contributed by atoms with Gasteiger partial charge in [0.05, 0.1) is 10.0 Å². The van der Waals surface area contributed by atoms with E-state index in [1.54, 1.807) is 6.07 Å². The molecule has 2 atom stereocenters. The summed E-state index contributed by atoms with van der Waals surface area (Å²) in [5, 5.41) is 1.69.